The summed E-state index contributed by atoms with van der Waals surface area (Å²) in [4.78, 5) is 28.2. The molecule has 6 nitrogen and oxygen atoms in total. The van der Waals surface area contributed by atoms with Crippen LogP contribution in [0.1, 0.15) is 73.4 Å². The molecule has 1 heterocycles. The van der Waals surface area contributed by atoms with E-state index in [1.807, 2.05) is 18.3 Å². The molecular formula is C23H33N3O3S. The summed E-state index contributed by atoms with van der Waals surface area (Å²) < 4.78 is 2.13. The van der Waals surface area contributed by atoms with Crippen LogP contribution >= 0.6 is 12.6 Å². The van der Waals surface area contributed by atoms with E-state index in [-0.39, 0.29) is 17.4 Å². The summed E-state index contributed by atoms with van der Waals surface area (Å²) in [6.45, 7) is 5.28. The number of aromatic nitrogens is 2. The fourth-order valence-electron chi connectivity index (χ4n) is 3.34. The van der Waals surface area contributed by atoms with Crippen LogP contribution in [0.2, 0.25) is 0 Å². The zero-order valence-electron chi connectivity index (χ0n) is 17.9. The number of carboxylic acids is 1. The first-order chi connectivity index (χ1) is 14.5. The summed E-state index contributed by atoms with van der Waals surface area (Å²) in [6.07, 6.45) is 7.75. The van der Waals surface area contributed by atoms with Gasteiger partial charge in [0.25, 0.3) is 0 Å². The minimum absolute atomic E-state index is 0.0344. The Bertz CT molecular complexity index is 818. The van der Waals surface area contributed by atoms with E-state index in [0.717, 1.165) is 55.6 Å². The van der Waals surface area contributed by atoms with Crippen LogP contribution in [0.15, 0.2) is 30.5 Å². The summed E-state index contributed by atoms with van der Waals surface area (Å²) in [7, 11) is 0. The van der Waals surface area contributed by atoms with Gasteiger partial charge in [-0.05, 0) is 30.5 Å². The Hall–Kier alpha value is -2.28. The van der Waals surface area contributed by atoms with Crippen LogP contribution in [0, 0.1) is 5.92 Å². The van der Waals surface area contributed by atoms with Crippen molar-refractivity contribution in [3.8, 4) is 0 Å². The zero-order chi connectivity index (χ0) is 21.9. The lowest BCUT2D eigenvalue weighted by Gasteiger charge is -2.16. The Morgan fingerprint density at radius 2 is 1.87 bits per heavy atom. The number of amides is 1. The molecule has 1 atom stereocenters. The molecule has 2 aromatic rings. The lowest BCUT2D eigenvalue weighted by atomic mass is 10.0. The summed E-state index contributed by atoms with van der Waals surface area (Å²) >= 11 is 4.34. The second-order valence-electron chi connectivity index (χ2n) is 7.60. The van der Waals surface area contributed by atoms with Crippen molar-refractivity contribution in [3.63, 3.8) is 0 Å². The third-order valence-electron chi connectivity index (χ3n) is 5.26. The number of carbonyl (C=O) groups is 2. The largest absolute Gasteiger partial charge is 0.478 e. The Balaban J connectivity index is 2.14. The van der Waals surface area contributed by atoms with Crippen molar-refractivity contribution in [2.75, 3.05) is 5.75 Å². The topological polar surface area (TPSA) is 84.2 Å². The van der Waals surface area contributed by atoms with Crippen LogP contribution in [0.25, 0.3) is 0 Å². The highest BCUT2D eigenvalue weighted by Crippen LogP contribution is 2.15. The van der Waals surface area contributed by atoms with E-state index in [1.54, 1.807) is 12.1 Å². The first kappa shape index (κ1) is 24.0. The molecule has 0 radical (unpaired) electrons. The quantitative estimate of drug-likeness (QED) is 0.412. The molecule has 1 amide bonds. The molecule has 1 aromatic heterocycles. The molecule has 30 heavy (non-hydrogen) atoms. The molecule has 7 heteroatoms. The molecule has 0 saturated heterocycles. The number of rotatable bonds is 13. The van der Waals surface area contributed by atoms with Crippen molar-refractivity contribution < 1.29 is 14.7 Å². The molecule has 0 aliphatic rings. The number of nitrogens with zero attached hydrogens (tertiary/aromatic N) is 2. The Morgan fingerprint density at radius 3 is 2.47 bits per heavy atom. The van der Waals surface area contributed by atoms with Crippen LogP contribution < -0.4 is 5.32 Å². The zero-order valence-corrected chi connectivity index (χ0v) is 18.8. The highest BCUT2D eigenvalue weighted by atomic mass is 32.1. The number of hydrogen-bond donors (Lipinski definition) is 3. The monoisotopic (exact) mass is 431 g/mol. The van der Waals surface area contributed by atoms with Gasteiger partial charge in [-0.2, -0.15) is 12.6 Å². The van der Waals surface area contributed by atoms with Gasteiger partial charge >= 0.3 is 5.97 Å². The third kappa shape index (κ3) is 6.90. The summed E-state index contributed by atoms with van der Waals surface area (Å²) in [6, 6.07) is 6.90. The molecule has 164 valence electrons. The molecule has 0 aliphatic heterocycles. The molecule has 1 unspecified atom stereocenters. The maximum Gasteiger partial charge on any atom is 0.335 e. The van der Waals surface area contributed by atoms with Crippen LogP contribution in [0.4, 0.5) is 0 Å². The molecule has 0 bridgehead atoms. The van der Waals surface area contributed by atoms with Gasteiger partial charge in [0, 0.05) is 24.6 Å². The summed E-state index contributed by atoms with van der Waals surface area (Å²) in [5, 5.41) is 12.2. The third-order valence-corrected chi connectivity index (χ3v) is 5.70. The number of aryl methyl sites for hydroxylation is 1. The van der Waals surface area contributed by atoms with E-state index in [1.165, 1.54) is 0 Å². The van der Waals surface area contributed by atoms with Gasteiger partial charge in [-0.1, -0.05) is 45.2 Å². The van der Waals surface area contributed by atoms with Gasteiger partial charge in [0.1, 0.15) is 5.82 Å². The number of aromatic carboxylic acids is 1. The van der Waals surface area contributed by atoms with E-state index in [2.05, 4.69) is 41.3 Å². The first-order valence-electron chi connectivity index (χ1n) is 10.7. The number of carboxylic acid groups (broad SMARTS) is 1. The van der Waals surface area contributed by atoms with Gasteiger partial charge in [-0.3, -0.25) is 4.79 Å². The second kappa shape index (κ2) is 12.4. The number of benzene rings is 1. The Labute approximate surface area is 184 Å². The van der Waals surface area contributed by atoms with Crippen LogP contribution in [0.5, 0.6) is 0 Å². The van der Waals surface area contributed by atoms with Crippen molar-refractivity contribution in [2.24, 2.45) is 5.92 Å². The van der Waals surface area contributed by atoms with Gasteiger partial charge < -0.3 is 15.0 Å². The standard InChI is InChI=1S/C23H33N3O3S/c1-3-5-7-19(16-30)22(27)25-14-20-13-24-21(8-6-4-2)26(20)15-17-9-11-18(12-10-17)23(28)29/h9-13,19,30H,3-8,14-16H2,1-2H3,(H,25,27)(H,28,29). The van der Waals surface area contributed by atoms with Gasteiger partial charge in [-0.15, -0.1) is 0 Å². The molecule has 0 spiro atoms. The fraction of sp³-hybridized carbons (Fsp3) is 0.522. The van der Waals surface area contributed by atoms with E-state index in [4.69, 9.17) is 5.11 Å². The van der Waals surface area contributed by atoms with Crippen molar-refractivity contribution in [1.29, 1.82) is 0 Å². The number of imidazole rings is 1. The van der Waals surface area contributed by atoms with Crippen LogP contribution in [-0.2, 0) is 24.3 Å². The average Bonchev–Trinajstić information content (AvgIpc) is 3.12. The van der Waals surface area contributed by atoms with Crippen molar-refractivity contribution >= 4 is 24.5 Å². The Morgan fingerprint density at radius 1 is 1.17 bits per heavy atom. The number of thiol groups is 1. The van der Waals surface area contributed by atoms with Crippen LogP contribution in [-0.4, -0.2) is 32.3 Å². The normalized spacial score (nSPS) is 12.0. The highest BCUT2D eigenvalue weighted by molar-refractivity contribution is 7.80. The average molecular weight is 432 g/mol. The molecule has 1 aromatic carbocycles. The van der Waals surface area contributed by atoms with Crippen molar-refractivity contribution in [3.05, 3.63) is 53.1 Å². The molecular weight excluding hydrogens is 398 g/mol. The van der Waals surface area contributed by atoms with Crippen molar-refractivity contribution in [1.82, 2.24) is 14.9 Å². The van der Waals surface area contributed by atoms with Crippen LogP contribution in [0.3, 0.4) is 0 Å². The molecule has 0 saturated carbocycles. The number of unbranched alkanes of at least 4 members (excludes halogenated alkanes) is 2. The molecule has 0 fully saturated rings. The second-order valence-corrected chi connectivity index (χ2v) is 7.96. The molecule has 2 rings (SSSR count). The molecule has 2 N–H and O–H groups in total. The first-order valence-corrected chi connectivity index (χ1v) is 11.4. The highest BCUT2D eigenvalue weighted by Gasteiger charge is 2.17. The smallest absolute Gasteiger partial charge is 0.335 e. The maximum absolute atomic E-state index is 12.6. The number of carbonyl (C=O) groups excluding carboxylic acids is 1. The minimum Gasteiger partial charge on any atom is -0.478 e. The van der Waals surface area contributed by atoms with E-state index in [9.17, 15) is 9.59 Å². The predicted molar refractivity (Wildman–Crippen MR) is 122 cm³/mol. The van der Waals surface area contributed by atoms with Gasteiger partial charge in [-0.25, -0.2) is 9.78 Å². The minimum atomic E-state index is -0.932. The lowest BCUT2D eigenvalue weighted by molar-refractivity contribution is -0.124. The van der Waals surface area contributed by atoms with Gasteiger partial charge in [0.05, 0.1) is 24.0 Å². The van der Waals surface area contributed by atoms with E-state index >= 15 is 0 Å². The van der Waals surface area contributed by atoms with Gasteiger partial charge in [0.15, 0.2) is 0 Å². The van der Waals surface area contributed by atoms with E-state index < -0.39 is 5.97 Å². The van der Waals surface area contributed by atoms with Gasteiger partial charge in [0.2, 0.25) is 5.91 Å². The number of nitrogens with one attached hydrogen (secondary N) is 1. The molecule has 0 aliphatic carbocycles. The summed E-state index contributed by atoms with van der Waals surface area (Å²) in [5.41, 5.74) is 2.22. The number of hydrogen-bond acceptors (Lipinski definition) is 4. The summed E-state index contributed by atoms with van der Waals surface area (Å²) in [5.74, 6) is 0.557. The SMILES string of the molecule is CCCCc1ncc(CNC(=O)C(CS)CCCC)n1Cc1ccc(C(=O)O)cc1. The maximum atomic E-state index is 12.6. The predicted octanol–water partition coefficient (Wildman–Crippen LogP) is 4.32. The Kier molecular flexibility index (Phi) is 9.94. The van der Waals surface area contributed by atoms with Crippen molar-refractivity contribution in [2.45, 2.75) is 65.5 Å². The fourth-order valence-corrected chi connectivity index (χ4v) is 3.68. The van der Waals surface area contributed by atoms with E-state index in [0.29, 0.717) is 18.8 Å². The lowest BCUT2D eigenvalue weighted by Crippen LogP contribution is -2.32.